The fourth-order valence-electron chi connectivity index (χ4n) is 2.17. The van der Waals surface area contributed by atoms with E-state index < -0.39 is 11.6 Å². The van der Waals surface area contributed by atoms with E-state index in [2.05, 4.69) is 11.8 Å². The second kappa shape index (κ2) is 6.48. The van der Waals surface area contributed by atoms with Crippen molar-refractivity contribution in [3.63, 3.8) is 0 Å². The van der Waals surface area contributed by atoms with Gasteiger partial charge in [-0.2, -0.15) is 11.8 Å². The lowest BCUT2D eigenvalue weighted by atomic mass is 10.1. The van der Waals surface area contributed by atoms with Gasteiger partial charge in [-0.25, -0.2) is 8.78 Å². The van der Waals surface area contributed by atoms with Crippen molar-refractivity contribution in [1.29, 1.82) is 0 Å². The smallest absolute Gasteiger partial charge is 0.179 e. The molecule has 2 rings (SSSR count). The average Bonchev–Trinajstić information content (AvgIpc) is 2.38. The van der Waals surface area contributed by atoms with E-state index in [1.54, 1.807) is 0 Å². The van der Waals surface area contributed by atoms with Crippen LogP contribution in [-0.4, -0.2) is 41.3 Å². The third-order valence-corrected chi connectivity index (χ3v) is 4.65. The molecule has 0 radical (unpaired) electrons. The number of thioether (sulfide) groups is 1. The van der Waals surface area contributed by atoms with E-state index in [0.717, 1.165) is 37.4 Å². The predicted molar refractivity (Wildman–Crippen MR) is 73.7 cm³/mol. The third-order valence-electron chi connectivity index (χ3n) is 3.28. The number of ketones is 1. The van der Waals surface area contributed by atoms with E-state index in [1.165, 1.54) is 6.07 Å². The number of benzene rings is 1. The minimum atomic E-state index is -0.775. The summed E-state index contributed by atoms with van der Waals surface area (Å²) in [4.78, 5) is 14.1. The highest BCUT2D eigenvalue weighted by Crippen LogP contribution is 2.21. The zero-order valence-electron chi connectivity index (χ0n) is 10.9. The van der Waals surface area contributed by atoms with Crippen molar-refractivity contribution < 1.29 is 13.6 Å². The first-order chi connectivity index (χ1) is 9.10. The van der Waals surface area contributed by atoms with Crippen LogP contribution in [0, 0.1) is 11.6 Å². The molecule has 0 saturated carbocycles. The Bertz CT molecular complexity index is 467. The van der Waals surface area contributed by atoms with Gasteiger partial charge in [-0.15, -0.1) is 0 Å². The molecule has 104 valence electrons. The van der Waals surface area contributed by atoms with Gasteiger partial charge in [0.15, 0.2) is 5.78 Å². The number of halogens is 2. The van der Waals surface area contributed by atoms with Gasteiger partial charge in [0, 0.05) is 30.2 Å². The van der Waals surface area contributed by atoms with E-state index in [4.69, 9.17) is 0 Å². The van der Waals surface area contributed by atoms with Crippen LogP contribution in [0.5, 0.6) is 0 Å². The van der Waals surface area contributed by atoms with Crippen molar-refractivity contribution in [1.82, 2.24) is 4.90 Å². The maximum absolute atomic E-state index is 13.5. The van der Waals surface area contributed by atoms with Gasteiger partial charge in [0.05, 0.1) is 12.1 Å². The monoisotopic (exact) mass is 285 g/mol. The molecule has 0 aromatic heterocycles. The molecule has 0 aliphatic carbocycles. The molecular weight excluding hydrogens is 268 g/mol. The molecule has 1 aliphatic rings. The number of nitrogens with zero attached hydrogens (tertiary/aromatic N) is 1. The summed E-state index contributed by atoms with van der Waals surface area (Å²) in [5.41, 5.74) is -0.0207. The van der Waals surface area contributed by atoms with Crippen LogP contribution in [-0.2, 0) is 0 Å². The lowest BCUT2D eigenvalue weighted by molar-refractivity contribution is 0.0928. The third kappa shape index (κ3) is 3.76. The summed E-state index contributed by atoms with van der Waals surface area (Å²) in [6.45, 7) is 4.04. The summed E-state index contributed by atoms with van der Waals surface area (Å²) in [6, 6.07) is 3.11. The Kier molecular flexibility index (Phi) is 4.93. The minimum absolute atomic E-state index is 0.0207. The van der Waals surface area contributed by atoms with Gasteiger partial charge in [0.25, 0.3) is 0 Å². The summed E-state index contributed by atoms with van der Waals surface area (Å²) >= 11 is 1.92. The van der Waals surface area contributed by atoms with Crippen molar-refractivity contribution >= 4 is 17.5 Å². The molecule has 0 amide bonds. The molecule has 1 saturated heterocycles. The van der Waals surface area contributed by atoms with Crippen LogP contribution >= 0.6 is 11.8 Å². The van der Waals surface area contributed by atoms with Crippen LogP contribution < -0.4 is 0 Å². The fraction of sp³-hybridized carbons (Fsp3) is 0.500. The molecule has 19 heavy (non-hydrogen) atoms. The quantitative estimate of drug-likeness (QED) is 0.793. The number of rotatable bonds is 4. The molecule has 1 aromatic carbocycles. The van der Waals surface area contributed by atoms with Crippen LogP contribution in [0.3, 0.4) is 0 Å². The van der Waals surface area contributed by atoms with Crippen LogP contribution in [0.4, 0.5) is 8.78 Å². The van der Waals surface area contributed by atoms with E-state index in [1.807, 2.05) is 11.8 Å². The number of carbonyl (C=O) groups excluding carboxylic acids is 1. The highest BCUT2D eigenvalue weighted by atomic mass is 32.2. The molecule has 0 bridgehead atoms. The van der Waals surface area contributed by atoms with Gasteiger partial charge in [-0.3, -0.25) is 9.69 Å². The van der Waals surface area contributed by atoms with Crippen molar-refractivity contribution in [3.8, 4) is 0 Å². The van der Waals surface area contributed by atoms with Gasteiger partial charge >= 0.3 is 0 Å². The van der Waals surface area contributed by atoms with Crippen molar-refractivity contribution in [2.45, 2.75) is 18.6 Å². The summed E-state index contributed by atoms with van der Waals surface area (Å²) in [6.07, 6.45) is 1.07. The maximum atomic E-state index is 13.5. The lowest BCUT2D eigenvalue weighted by Gasteiger charge is -2.31. The molecule has 0 N–H and O–H groups in total. The Balaban J connectivity index is 2.00. The van der Waals surface area contributed by atoms with Gasteiger partial charge in [0.1, 0.15) is 11.6 Å². The Labute approximate surface area is 116 Å². The lowest BCUT2D eigenvalue weighted by Crippen LogP contribution is -2.40. The van der Waals surface area contributed by atoms with Crippen LogP contribution in [0.15, 0.2) is 18.2 Å². The van der Waals surface area contributed by atoms with Gasteiger partial charge in [-0.1, -0.05) is 6.92 Å². The highest BCUT2D eigenvalue weighted by molar-refractivity contribution is 8.00. The molecule has 1 heterocycles. The zero-order chi connectivity index (χ0) is 13.8. The van der Waals surface area contributed by atoms with E-state index in [0.29, 0.717) is 5.25 Å². The Morgan fingerprint density at radius 3 is 2.95 bits per heavy atom. The van der Waals surface area contributed by atoms with E-state index >= 15 is 0 Å². The van der Waals surface area contributed by atoms with E-state index in [9.17, 15) is 13.6 Å². The largest absolute Gasteiger partial charge is 0.294 e. The highest BCUT2D eigenvalue weighted by Gasteiger charge is 2.22. The molecule has 2 nitrogen and oxygen atoms in total. The van der Waals surface area contributed by atoms with Crippen LogP contribution in [0.1, 0.15) is 23.7 Å². The molecule has 1 unspecified atom stereocenters. The normalized spacial score (nSPS) is 20.5. The van der Waals surface area contributed by atoms with Crippen molar-refractivity contribution in [3.05, 3.63) is 35.4 Å². The second-order valence-electron chi connectivity index (χ2n) is 4.68. The average molecular weight is 285 g/mol. The summed E-state index contributed by atoms with van der Waals surface area (Å²) in [7, 11) is 0. The number of carbonyl (C=O) groups is 1. The Morgan fingerprint density at radius 2 is 2.26 bits per heavy atom. The molecular formula is C14H17F2NOS. The van der Waals surface area contributed by atoms with Gasteiger partial charge < -0.3 is 0 Å². The maximum Gasteiger partial charge on any atom is 0.179 e. The molecule has 1 fully saturated rings. The van der Waals surface area contributed by atoms with Gasteiger partial charge in [0.2, 0.25) is 0 Å². The predicted octanol–water partition coefficient (Wildman–Crippen LogP) is 2.97. The van der Waals surface area contributed by atoms with Gasteiger partial charge in [-0.05, 0) is 18.6 Å². The molecule has 1 aliphatic heterocycles. The molecule has 1 atom stereocenters. The SMILES string of the molecule is CCC1CN(CC(=O)c2ccc(F)cc2F)CCS1. The standard InChI is InChI=1S/C14H17F2NOS/c1-2-11-8-17(5-6-19-11)9-14(18)12-4-3-10(15)7-13(12)16/h3-4,7,11H,2,5-6,8-9H2,1H3. The topological polar surface area (TPSA) is 20.3 Å². The second-order valence-corrected chi connectivity index (χ2v) is 6.09. The van der Waals surface area contributed by atoms with Crippen LogP contribution in [0.25, 0.3) is 0 Å². The van der Waals surface area contributed by atoms with Crippen LogP contribution in [0.2, 0.25) is 0 Å². The van der Waals surface area contributed by atoms with E-state index in [-0.39, 0.29) is 17.9 Å². The fourth-order valence-corrected chi connectivity index (χ4v) is 3.42. The summed E-state index contributed by atoms with van der Waals surface area (Å²) in [5, 5.41) is 0.541. The molecule has 0 spiro atoms. The first-order valence-electron chi connectivity index (χ1n) is 6.42. The zero-order valence-corrected chi connectivity index (χ0v) is 11.7. The Hall–Kier alpha value is -0.940. The summed E-state index contributed by atoms with van der Waals surface area (Å²) < 4.78 is 26.3. The van der Waals surface area contributed by atoms with Crippen molar-refractivity contribution in [2.75, 3.05) is 25.4 Å². The first kappa shape index (κ1) is 14.5. The molecule has 1 aromatic rings. The molecule has 5 heteroatoms. The Morgan fingerprint density at radius 1 is 1.47 bits per heavy atom. The minimum Gasteiger partial charge on any atom is -0.294 e. The summed E-state index contributed by atoms with van der Waals surface area (Å²) in [5.74, 6) is -0.713. The first-order valence-corrected chi connectivity index (χ1v) is 7.47. The number of Topliss-reactive ketones (excluding diaryl/α,β-unsaturated/α-hetero) is 1. The number of hydrogen-bond donors (Lipinski definition) is 0. The number of hydrogen-bond acceptors (Lipinski definition) is 3. The van der Waals surface area contributed by atoms with Crippen molar-refractivity contribution in [2.24, 2.45) is 0 Å².